The Balaban J connectivity index is 1.37. The molecule has 0 unspecified atom stereocenters. The Morgan fingerprint density at radius 2 is 2.03 bits per heavy atom. The Hall–Kier alpha value is -3.17. The molecule has 2 atom stereocenters. The van der Waals surface area contributed by atoms with Gasteiger partial charge in [-0.15, -0.1) is 5.10 Å². The van der Waals surface area contributed by atoms with Crippen molar-refractivity contribution in [2.75, 3.05) is 7.05 Å². The lowest BCUT2D eigenvalue weighted by Gasteiger charge is -2.46. The van der Waals surface area contributed by atoms with Crippen molar-refractivity contribution in [2.45, 2.75) is 71.1 Å². The molecule has 10 nitrogen and oxygen atoms in total. The molecule has 2 aliphatic carbocycles. The molecule has 0 bridgehead atoms. The standard InChI is InChI=1S/C24H33N5O5/c1-24(2)11-16(12-24)28(3)23(32)33-14-20-21(26-27-29(20)4)19-9-8-18(13-25-19)34-17-7-5-6-15(10-17)22(30)31/h8-9,13,15-17H,5-7,10-12,14H2,1-4H3,(H,30,31)/t15-,17-/m0/s1. The van der Waals surface area contributed by atoms with Gasteiger partial charge in [0.1, 0.15) is 23.7 Å². The summed E-state index contributed by atoms with van der Waals surface area (Å²) >= 11 is 0. The fourth-order valence-electron chi connectivity index (χ4n) is 4.87. The zero-order chi connectivity index (χ0) is 24.5. The Labute approximate surface area is 199 Å². The van der Waals surface area contributed by atoms with E-state index in [1.807, 2.05) is 0 Å². The second-order valence-electron chi connectivity index (χ2n) is 10.2. The van der Waals surface area contributed by atoms with Gasteiger partial charge in [-0.2, -0.15) is 0 Å². The van der Waals surface area contributed by atoms with Crippen LogP contribution in [0.1, 0.15) is 58.1 Å². The van der Waals surface area contributed by atoms with E-state index in [2.05, 4.69) is 29.1 Å². The van der Waals surface area contributed by atoms with Crippen LogP contribution in [0, 0.1) is 11.3 Å². The van der Waals surface area contributed by atoms with E-state index in [1.54, 1.807) is 42.0 Å². The summed E-state index contributed by atoms with van der Waals surface area (Å²) in [7, 11) is 3.52. The Kier molecular flexibility index (Phi) is 6.77. The minimum Gasteiger partial charge on any atom is -0.489 e. The van der Waals surface area contributed by atoms with Crippen LogP contribution < -0.4 is 4.74 Å². The zero-order valence-corrected chi connectivity index (χ0v) is 20.2. The molecule has 1 N–H and O–H groups in total. The van der Waals surface area contributed by atoms with E-state index in [-0.39, 0.29) is 36.2 Å². The van der Waals surface area contributed by atoms with Crippen LogP contribution in [0.25, 0.3) is 11.4 Å². The van der Waals surface area contributed by atoms with E-state index in [1.165, 1.54) is 0 Å². The Bertz CT molecular complexity index is 1030. The number of hydrogen-bond acceptors (Lipinski definition) is 7. The van der Waals surface area contributed by atoms with Crippen LogP contribution in [0.3, 0.4) is 0 Å². The highest BCUT2D eigenvalue weighted by atomic mass is 16.6. The summed E-state index contributed by atoms with van der Waals surface area (Å²) < 4.78 is 13.1. The minimum absolute atomic E-state index is 0.0384. The SMILES string of the molecule is CN(C(=O)OCc1c(-c2ccc(O[C@H]3CCC[C@H](C(=O)O)C3)cn2)nnn1C)C1CC(C)(C)C1. The first kappa shape index (κ1) is 24.0. The van der Waals surface area contributed by atoms with Gasteiger partial charge in [0, 0.05) is 20.1 Å². The molecule has 0 aliphatic heterocycles. The number of amides is 1. The van der Waals surface area contributed by atoms with Gasteiger partial charge in [0.25, 0.3) is 0 Å². The average molecular weight is 472 g/mol. The molecule has 1 amide bonds. The first-order valence-corrected chi connectivity index (χ1v) is 11.8. The smallest absolute Gasteiger partial charge is 0.410 e. The summed E-state index contributed by atoms with van der Waals surface area (Å²) in [5, 5.41) is 17.5. The molecule has 184 valence electrons. The molecule has 2 fully saturated rings. The van der Waals surface area contributed by atoms with Gasteiger partial charge in [0.2, 0.25) is 0 Å². The Morgan fingerprint density at radius 3 is 2.68 bits per heavy atom. The molecule has 2 saturated carbocycles. The summed E-state index contributed by atoms with van der Waals surface area (Å²) in [6.07, 6.45) is 5.91. The van der Waals surface area contributed by atoms with E-state index in [4.69, 9.17) is 9.47 Å². The molecular formula is C24H33N5O5. The van der Waals surface area contributed by atoms with E-state index in [0.29, 0.717) is 35.7 Å². The van der Waals surface area contributed by atoms with Crippen LogP contribution in [-0.2, 0) is 23.2 Å². The zero-order valence-electron chi connectivity index (χ0n) is 20.2. The molecule has 4 rings (SSSR count). The molecule has 0 spiro atoms. The van der Waals surface area contributed by atoms with Gasteiger partial charge in [-0.05, 0) is 56.1 Å². The van der Waals surface area contributed by atoms with E-state index in [0.717, 1.165) is 25.7 Å². The molecule has 0 radical (unpaired) electrons. The number of carboxylic acid groups (broad SMARTS) is 1. The summed E-state index contributed by atoms with van der Waals surface area (Å²) in [6, 6.07) is 3.78. The van der Waals surface area contributed by atoms with Crippen LogP contribution in [0.2, 0.25) is 0 Å². The second kappa shape index (κ2) is 9.60. The number of rotatable bonds is 7. The summed E-state index contributed by atoms with van der Waals surface area (Å²) in [6.45, 7) is 4.43. The van der Waals surface area contributed by atoms with Crippen LogP contribution in [0.4, 0.5) is 4.79 Å². The number of aliphatic carboxylic acids is 1. The molecule has 2 aliphatic rings. The van der Waals surface area contributed by atoms with Crippen molar-refractivity contribution in [3.63, 3.8) is 0 Å². The lowest BCUT2D eigenvalue weighted by Crippen LogP contribution is -2.49. The maximum Gasteiger partial charge on any atom is 0.410 e. The van der Waals surface area contributed by atoms with E-state index in [9.17, 15) is 14.7 Å². The van der Waals surface area contributed by atoms with Crippen LogP contribution >= 0.6 is 0 Å². The quantitative estimate of drug-likeness (QED) is 0.650. The van der Waals surface area contributed by atoms with Crippen LogP contribution in [-0.4, -0.2) is 61.2 Å². The van der Waals surface area contributed by atoms with Crippen LogP contribution in [0.5, 0.6) is 5.75 Å². The number of nitrogens with zero attached hydrogens (tertiary/aromatic N) is 5. The van der Waals surface area contributed by atoms with Crippen molar-refractivity contribution in [3.05, 3.63) is 24.0 Å². The predicted octanol–water partition coefficient (Wildman–Crippen LogP) is 3.66. The molecular weight excluding hydrogens is 438 g/mol. The number of hydrogen-bond donors (Lipinski definition) is 1. The minimum atomic E-state index is -0.764. The third-order valence-electron chi connectivity index (χ3n) is 6.94. The lowest BCUT2D eigenvalue weighted by atomic mass is 9.68. The van der Waals surface area contributed by atoms with Gasteiger partial charge < -0.3 is 19.5 Å². The molecule has 2 heterocycles. The van der Waals surface area contributed by atoms with Gasteiger partial charge >= 0.3 is 12.1 Å². The third-order valence-corrected chi connectivity index (χ3v) is 6.94. The summed E-state index contributed by atoms with van der Waals surface area (Å²) in [5.74, 6) is -0.534. The monoisotopic (exact) mass is 471 g/mol. The van der Waals surface area contributed by atoms with Crippen molar-refractivity contribution in [3.8, 4) is 17.1 Å². The number of aromatic nitrogens is 4. The van der Waals surface area contributed by atoms with Gasteiger partial charge in [-0.3, -0.25) is 9.78 Å². The van der Waals surface area contributed by atoms with Gasteiger partial charge in [-0.25, -0.2) is 9.48 Å². The maximum atomic E-state index is 12.5. The van der Waals surface area contributed by atoms with Crippen molar-refractivity contribution in [2.24, 2.45) is 18.4 Å². The largest absolute Gasteiger partial charge is 0.489 e. The molecule has 2 aromatic rings. The van der Waals surface area contributed by atoms with Crippen molar-refractivity contribution < 1.29 is 24.2 Å². The fraction of sp³-hybridized carbons (Fsp3) is 0.625. The molecule has 0 aromatic carbocycles. The first-order chi connectivity index (χ1) is 16.1. The molecule has 2 aromatic heterocycles. The lowest BCUT2D eigenvalue weighted by molar-refractivity contribution is -0.143. The molecule has 10 heteroatoms. The normalized spacial score (nSPS) is 22.0. The summed E-state index contributed by atoms with van der Waals surface area (Å²) in [4.78, 5) is 29.9. The highest BCUT2D eigenvalue weighted by molar-refractivity contribution is 5.70. The average Bonchev–Trinajstić information content (AvgIpc) is 3.16. The van der Waals surface area contributed by atoms with Gasteiger partial charge in [0.15, 0.2) is 0 Å². The predicted molar refractivity (Wildman–Crippen MR) is 123 cm³/mol. The highest BCUT2D eigenvalue weighted by Gasteiger charge is 2.40. The van der Waals surface area contributed by atoms with E-state index >= 15 is 0 Å². The second-order valence-corrected chi connectivity index (χ2v) is 10.2. The fourth-order valence-corrected chi connectivity index (χ4v) is 4.87. The van der Waals surface area contributed by atoms with E-state index < -0.39 is 5.97 Å². The molecule has 34 heavy (non-hydrogen) atoms. The third kappa shape index (κ3) is 5.31. The maximum absolute atomic E-state index is 12.5. The van der Waals surface area contributed by atoms with Crippen molar-refractivity contribution in [1.29, 1.82) is 0 Å². The van der Waals surface area contributed by atoms with Crippen molar-refractivity contribution in [1.82, 2.24) is 24.9 Å². The first-order valence-electron chi connectivity index (χ1n) is 11.8. The number of pyridine rings is 1. The van der Waals surface area contributed by atoms with Gasteiger partial charge in [0.05, 0.1) is 23.9 Å². The van der Waals surface area contributed by atoms with Crippen LogP contribution in [0.15, 0.2) is 18.3 Å². The number of aryl methyl sites for hydroxylation is 1. The molecule has 0 saturated heterocycles. The van der Waals surface area contributed by atoms with Gasteiger partial charge in [-0.1, -0.05) is 19.1 Å². The Morgan fingerprint density at radius 1 is 1.26 bits per heavy atom. The number of carbonyl (C=O) groups is 2. The van der Waals surface area contributed by atoms with Crippen molar-refractivity contribution >= 4 is 12.1 Å². The topological polar surface area (TPSA) is 120 Å². The number of carboxylic acids is 1. The number of carbonyl (C=O) groups excluding carboxylic acids is 1. The number of ether oxygens (including phenoxy) is 2. The highest BCUT2D eigenvalue weighted by Crippen LogP contribution is 2.42. The summed E-state index contributed by atoms with van der Waals surface area (Å²) in [5.41, 5.74) is 2.05.